The van der Waals surface area contributed by atoms with E-state index in [2.05, 4.69) is 11.2 Å². The predicted molar refractivity (Wildman–Crippen MR) is 65.5 cm³/mol. The number of terminal acetylenes is 1. The van der Waals surface area contributed by atoms with Crippen LogP contribution in [-0.4, -0.2) is 43.3 Å². The monoisotopic (exact) mass is 236 g/mol. The van der Waals surface area contributed by atoms with Gasteiger partial charge in [0.2, 0.25) is 0 Å². The lowest BCUT2D eigenvalue weighted by molar-refractivity contribution is 0.109. The topological polar surface area (TPSA) is 41.6 Å². The van der Waals surface area contributed by atoms with E-state index in [1.165, 1.54) is 12.8 Å². The van der Waals surface area contributed by atoms with E-state index in [9.17, 15) is 4.79 Å². The SMILES string of the molecule is C#CCN(CC1CC1)C(=O)NCC1CCCO1. The van der Waals surface area contributed by atoms with Gasteiger partial charge in [0.25, 0.3) is 0 Å². The standard InChI is InChI=1S/C13H20N2O2/c1-2-7-15(10-11-5-6-11)13(16)14-9-12-4-3-8-17-12/h1,11-12H,3-10H2,(H,14,16). The largest absolute Gasteiger partial charge is 0.376 e. The van der Waals surface area contributed by atoms with E-state index in [0.29, 0.717) is 19.0 Å². The lowest BCUT2D eigenvalue weighted by Crippen LogP contribution is -2.43. The quantitative estimate of drug-likeness (QED) is 0.729. The highest BCUT2D eigenvalue weighted by molar-refractivity contribution is 5.74. The van der Waals surface area contributed by atoms with Crippen LogP contribution in [0.3, 0.4) is 0 Å². The van der Waals surface area contributed by atoms with E-state index in [-0.39, 0.29) is 12.1 Å². The number of hydrogen-bond donors (Lipinski definition) is 1. The lowest BCUT2D eigenvalue weighted by atomic mass is 10.2. The number of hydrogen-bond acceptors (Lipinski definition) is 2. The fraction of sp³-hybridized carbons (Fsp3) is 0.769. The smallest absolute Gasteiger partial charge is 0.318 e. The average molecular weight is 236 g/mol. The van der Waals surface area contributed by atoms with Crippen LogP contribution in [0, 0.1) is 18.3 Å². The van der Waals surface area contributed by atoms with Gasteiger partial charge in [0, 0.05) is 19.7 Å². The van der Waals surface area contributed by atoms with Crippen LogP contribution in [0.5, 0.6) is 0 Å². The third-order valence-corrected chi connectivity index (χ3v) is 3.25. The highest BCUT2D eigenvalue weighted by Crippen LogP contribution is 2.29. The molecule has 2 rings (SSSR count). The van der Waals surface area contributed by atoms with Gasteiger partial charge in [0.1, 0.15) is 0 Å². The lowest BCUT2D eigenvalue weighted by Gasteiger charge is -2.21. The zero-order chi connectivity index (χ0) is 12.1. The van der Waals surface area contributed by atoms with Gasteiger partial charge in [-0.3, -0.25) is 0 Å². The molecule has 1 unspecified atom stereocenters. The van der Waals surface area contributed by atoms with Gasteiger partial charge in [-0.25, -0.2) is 4.79 Å². The molecular weight excluding hydrogens is 216 g/mol. The van der Waals surface area contributed by atoms with E-state index in [1.807, 2.05) is 0 Å². The first-order valence-electron chi connectivity index (χ1n) is 6.37. The number of carbonyl (C=O) groups is 1. The Kier molecular flexibility index (Phi) is 4.27. The van der Waals surface area contributed by atoms with Crippen LogP contribution < -0.4 is 5.32 Å². The Morgan fingerprint density at radius 1 is 1.47 bits per heavy atom. The second-order valence-electron chi connectivity index (χ2n) is 4.85. The molecule has 4 nitrogen and oxygen atoms in total. The number of amides is 2. The van der Waals surface area contributed by atoms with E-state index >= 15 is 0 Å². The molecule has 1 atom stereocenters. The van der Waals surface area contributed by atoms with Crippen molar-refractivity contribution in [2.45, 2.75) is 31.8 Å². The molecule has 0 spiro atoms. The second-order valence-corrected chi connectivity index (χ2v) is 4.85. The summed E-state index contributed by atoms with van der Waals surface area (Å²) in [5.41, 5.74) is 0. The molecule has 0 bridgehead atoms. The summed E-state index contributed by atoms with van der Waals surface area (Å²) < 4.78 is 5.46. The molecule has 2 aliphatic rings. The van der Waals surface area contributed by atoms with Crippen molar-refractivity contribution in [3.05, 3.63) is 0 Å². The summed E-state index contributed by atoms with van der Waals surface area (Å²) in [5, 5.41) is 2.91. The number of ether oxygens (including phenoxy) is 1. The molecule has 4 heteroatoms. The van der Waals surface area contributed by atoms with Crippen LogP contribution in [0.2, 0.25) is 0 Å². The molecule has 1 saturated carbocycles. The normalized spacial score (nSPS) is 23.1. The van der Waals surface area contributed by atoms with Crippen molar-refractivity contribution >= 4 is 6.03 Å². The first-order valence-corrected chi connectivity index (χ1v) is 6.37. The fourth-order valence-electron chi connectivity index (χ4n) is 2.06. The fourth-order valence-corrected chi connectivity index (χ4v) is 2.06. The Morgan fingerprint density at radius 2 is 2.29 bits per heavy atom. The summed E-state index contributed by atoms with van der Waals surface area (Å²) >= 11 is 0. The van der Waals surface area contributed by atoms with Crippen molar-refractivity contribution in [3.63, 3.8) is 0 Å². The number of urea groups is 1. The summed E-state index contributed by atoms with van der Waals surface area (Å²) in [6, 6.07) is -0.0506. The Morgan fingerprint density at radius 3 is 2.88 bits per heavy atom. The summed E-state index contributed by atoms with van der Waals surface area (Å²) in [7, 11) is 0. The second kappa shape index (κ2) is 5.92. The van der Waals surface area contributed by atoms with Gasteiger partial charge in [-0.1, -0.05) is 5.92 Å². The summed E-state index contributed by atoms with van der Waals surface area (Å²) in [5.74, 6) is 3.21. The maximum atomic E-state index is 11.9. The Bertz CT molecular complexity index is 301. The maximum absolute atomic E-state index is 11.9. The van der Waals surface area contributed by atoms with E-state index in [1.54, 1.807) is 4.90 Å². The Balaban J connectivity index is 1.72. The van der Waals surface area contributed by atoms with Crippen LogP contribution in [0.15, 0.2) is 0 Å². The average Bonchev–Trinajstić information content (AvgIpc) is 2.99. The minimum absolute atomic E-state index is 0.0506. The molecule has 94 valence electrons. The summed E-state index contributed by atoms with van der Waals surface area (Å²) in [6.07, 6.45) is 10.1. The first kappa shape index (κ1) is 12.3. The number of nitrogens with one attached hydrogen (secondary N) is 1. The first-order chi connectivity index (χ1) is 8.29. The molecule has 1 N–H and O–H groups in total. The minimum atomic E-state index is -0.0506. The predicted octanol–water partition coefficient (Wildman–Crippen LogP) is 1.22. The van der Waals surface area contributed by atoms with E-state index in [0.717, 1.165) is 26.0 Å². The molecule has 1 aliphatic carbocycles. The molecule has 0 aromatic rings. The van der Waals surface area contributed by atoms with Crippen molar-refractivity contribution in [3.8, 4) is 12.3 Å². The summed E-state index contributed by atoms with van der Waals surface area (Å²) in [4.78, 5) is 13.6. The molecule has 1 heterocycles. The van der Waals surface area contributed by atoms with Crippen LogP contribution in [0.25, 0.3) is 0 Å². The van der Waals surface area contributed by atoms with Gasteiger partial charge in [-0.2, -0.15) is 0 Å². The van der Waals surface area contributed by atoms with Crippen LogP contribution in [-0.2, 0) is 4.74 Å². The number of rotatable bonds is 5. The van der Waals surface area contributed by atoms with E-state index in [4.69, 9.17) is 11.2 Å². The van der Waals surface area contributed by atoms with Crippen LogP contribution in [0.1, 0.15) is 25.7 Å². The van der Waals surface area contributed by atoms with Crippen LogP contribution >= 0.6 is 0 Å². The van der Waals surface area contributed by atoms with Gasteiger partial charge in [0.05, 0.1) is 12.6 Å². The van der Waals surface area contributed by atoms with Gasteiger partial charge >= 0.3 is 6.03 Å². The molecule has 0 aromatic carbocycles. The molecule has 0 radical (unpaired) electrons. The molecule has 1 aliphatic heterocycles. The van der Waals surface area contributed by atoms with Gasteiger partial charge in [0.15, 0.2) is 0 Å². The third kappa shape index (κ3) is 3.94. The highest BCUT2D eigenvalue weighted by Gasteiger charge is 2.26. The van der Waals surface area contributed by atoms with Crippen molar-refractivity contribution in [1.29, 1.82) is 0 Å². The Labute approximate surface area is 103 Å². The molecule has 1 saturated heterocycles. The van der Waals surface area contributed by atoms with Crippen molar-refractivity contribution in [2.24, 2.45) is 5.92 Å². The Hall–Kier alpha value is -1.21. The zero-order valence-corrected chi connectivity index (χ0v) is 10.2. The number of nitrogens with zero attached hydrogens (tertiary/aromatic N) is 1. The summed E-state index contributed by atoms with van der Waals surface area (Å²) in [6.45, 7) is 2.61. The maximum Gasteiger partial charge on any atom is 0.318 e. The van der Waals surface area contributed by atoms with Crippen molar-refractivity contribution in [1.82, 2.24) is 10.2 Å². The molecule has 0 aromatic heterocycles. The molecule has 17 heavy (non-hydrogen) atoms. The minimum Gasteiger partial charge on any atom is -0.376 e. The molecule has 2 amide bonds. The molecule has 2 fully saturated rings. The van der Waals surface area contributed by atoms with Gasteiger partial charge < -0.3 is 15.0 Å². The van der Waals surface area contributed by atoms with Crippen molar-refractivity contribution in [2.75, 3.05) is 26.2 Å². The van der Waals surface area contributed by atoms with Crippen molar-refractivity contribution < 1.29 is 9.53 Å². The number of carbonyl (C=O) groups excluding carboxylic acids is 1. The van der Waals surface area contributed by atoms with Gasteiger partial charge in [-0.15, -0.1) is 6.42 Å². The highest BCUT2D eigenvalue weighted by atomic mass is 16.5. The zero-order valence-electron chi connectivity index (χ0n) is 10.2. The molecular formula is C13H20N2O2. The van der Waals surface area contributed by atoms with Crippen LogP contribution in [0.4, 0.5) is 4.79 Å². The van der Waals surface area contributed by atoms with Gasteiger partial charge in [-0.05, 0) is 31.6 Å². The van der Waals surface area contributed by atoms with E-state index < -0.39 is 0 Å². The third-order valence-electron chi connectivity index (χ3n) is 3.25.